The minimum absolute atomic E-state index is 0.0578. The SMILES string of the molecule is CN1C[C@H](C(=O)N2CCCN(c3ccc(C#N)cc3)CC2)CC1=O. The van der Waals surface area contributed by atoms with Gasteiger partial charge in [0.25, 0.3) is 0 Å². The van der Waals surface area contributed by atoms with Gasteiger partial charge in [-0.3, -0.25) is 9.59 Å². The van der Waals surface area contributed by atoms with E-state index in [2.05, 4.69) is 11.0 Å². The maximum Gasteiger partial charge on any atom is 0.228 e. The van der Waals surface area contributed by atoms with Gasteiger partial charge < -0.3 is 14.7 Å². The van der Waals surface area contributed by atoms with Crippen LogP contribution in [0.1, 0.15) is 18.4 Å². The van der Waals surface area contributed by atoms with Crippen molar-refractivity contribution in [3.8, 4) is 6.07 Å². The summed E-state index contributed by atoms with van der Waals surface area (Å²) >= 11 is 0. The number of nitrogens with zero attached hydrogens (tertiary/aromatic N) is 4. The van der Waals surface area contributed by atoms with Gasteiger partial charge in [0.1, 0.15) is 0 Å². The molecule has 1 aromatic rings. The molecule has 0 radical (unpaired) electrons. The maximum absolute atomic E-state index is 12.7. The normalized spacial score (nSPS) is 21.6. The van der Waals surface area contributed by atoms with E-state index in [1.54, 1.807) is 11.9 Å². The summed E-state index contributed by atoms with van der Waals surface area (Å²) in [6.45, 7) is 3.61. The molecule has 0 aromatic heterocycles. The number of amides is 2. The summed E-state index contributed by atoms with van der Waals surface area (Å²) in [5.41, 5.74) is 1.74. The van der Waals surface area contributed by atoms with Gasteiger partial charge in [-0.2, -0.15) is 5.26 Å². The molecule has 24 heavy (non-hydrogen) atoms. The summed E-state index contributed by atoms with van der Waals surface area (Å²) in [4.78, 5) is 30.1. The van der Waals surface area contributed by atoms with Gasteiger partial charge >= 0.3 is 0 Å². The molecule has 0 aliphatic carbocycles. The van der Waals surface area contributed by atoms with Gasteiger partial charge in [0.2, 0.25) is 11.8 Å². The molecule has 0 N–H and O–H groups in total. The van der Waals surface area contributed by atoms with Crippen LogP contribution in [-0.2, 0) is 9.59 Å². The Morgan fingerprint density at radius 1 is 1.17 bits per heavy atom. The molecule has 0 bridgehead atoms. The monoisotopic (exact) mass is 326 g/mol. The molecule has 2 heterocycles. The highest BCUT2D eigenvalue weighted by molar-refractivity contribution is 5.89. The summed E-state index contributed by atoms with van der Waals surface area (Å²) in [5, 5.41) is 8.89. The third kappa shape index (κ3) is 3.35. The van der Waals surface area contributed by atoms with Crippen molar-refractivity contribution in [2.75, 3.05) is 44.7 Å². The number of hydrogen-bond acceptors (Lipinski definition) is 4. The first-order valence-electron chi connectivity index (χ1n) is 8.36. The number of carbonyl (C=O) groups is 2. The van der Waals surface area contributed by atoms with E-state index in [9.17, 15) is 9.59 Å². The molecule has 2 aliphatic heterocycles. The molecule has 1 aromatic carbocycles. The number of carbonyl (C=O) groups excluding carboxylic acids is 2. The number of rotatable bonds is 2. The van der Waals surface area contributed by atoms with Crippen molar-refractivity contribution in [2.24, 2.45) is 5.92 Å². The van der Waals surface area contributed by atoms with Gasteiger partial charge in [0.15, 0.2) is 0 Å². The topological polar surface area (TPSA) is 67.7 Å². The fourth-order valence-electron chi connectivity index (χ4n) is 3.43. The van der Waals surface area contributed by atoms with Crippen LogP contribution < -0.4 is 4.90 Å². The molecule has 1 atom stereocenters. The van der Waals surface area contributed by atoms with E-state index >= 15 is 0 Å². The lowest BCUT2D eigenvalue weighted by molar-refractivity contribution is -0.135. The molecule has 0 spiro atoms. The minimum atomic E-state index is -0.191. The summed E-state index contributed by atoms with van der Waals surface area (Å²) in [6.07, 6.45) is 1.24. The Morgan fingerprint density at radius 3 is 2.54 bits per heavy atom. The average Bonchev–Trinajstić information content (AvgIpc) is 2.80. The summed E-state index contributed by atoms with van der Waals surface area (Å²) in [5.74, 6) is -0.0271. The minimum Gasteiger partial charge on any atom is -0.370 e. The first kappa shape index (κ1) is 16.3. The van der Waals surface area contributed by atoms with E-state index in [4.69, 9.17) is 5.26 Å². The summed E-state index contributed by atoms with van der Waals surface area (Å²) < 4.78 is 0. The van der Waals surface area contributed by atoms with Gasteiger partial charge in [-0.05, 0) is 30.7 Å². The smallest absolute Gasteiger partial charge is 0.228 e. The fourth-order valence-corrected chi connectivity index (χ4v) is 3.43. The zero-order chi connectivity index (χ0) is 17.1. The molecule has 0 saturated carbocycles. The van der Waals surface area contributed by atoms with E-state index in [0.717, 1.165) is 31.7 Å². The van der Waals surface area contributed by atoms with Gasteiger partial charge in [0.05, 0.1) is 17.6 Å². The highest BCUT2D eigenvalue weighted by atomic mass is 16.2. The molecule has 6 heteroatoms. The Balaban J connectivity index is 1.61. The highest BCUT2D eigenvalue weighted by Crippen LogP contribution is 2.21. The number of likely N-dealkylation sites (tertiary alicyclic amines) is 1. The lowest BCUT2D eigenvalue weighted by Crippen LogP contribution is -2.39. The van der Waals surface area contributed by atoms with Crippen LogP contribution in [0.5, 0.6) is 0 Å². The zero-order valence-corrected chi connectivity index (χ0v) is 13.9. The average molecular weight is 326 g/mol. The van der Waals surface area contributed by atoms with Crippen LogP contribution in [-0.4, -0.2) is 61.4 Å². The predicted octanol–water partition coefficient (Wildman–Crippen LogP) is 1.08. The first-order chi connectivity index (χ1) is 11.6. The van der Waals surface area contributed by atoms with E-state index < -0.39 is 0 Å². The summed E-state index contributed by atoms with van der Waals surface area (Å²) in [6, 6.07) is 9.69. The van der Waals surface area contributed by atoms with Crippen molar-refractivity contribution >= 4 is 17.5 Å². The Bertz CT molecular complexity index is 665. The molecular weight excluding hydrogens is 304 g/mol. The first-order valence-corrected chi connectivity index (χ1v) is 8.36. The predicted molar refractivity (Wildman–Crippen MR) is 90.3 cm³/mol. The second-order valence-electron chi connectivity index (χ2n) is 6.50. The van der Waals surface area contributed by atoms with Gasteiger partial charge in [-0.15, -0.1) is 0 Å². The third-order valence-electron chi connectivity index (χ3n) is 4.86. The van der Waals surface area contributed by atoms with Crippen LogP contribution in [0, 0.1) is 17.2 Å². The van der Waals surface area contributed by atoms with E-state index in [0.29, 0.717) is 25.1 Å². The van der Waals surface area contributed by atoms with Gasteiger partial charge in [-0.25, -0.2) is 0 Å². The van der Waals surface area contributed by atoms with Crippen molar-refractivity contribution < 1.29 is 9.59 Å². The Morgan fingerprint density at radius 2 is 1.92 bits per heavy atom. The lowest BCUT2D eigenvalue weighted by Gasteiger charge is -2.25. The Kier molecular flexibility index (Phi) is 4.70. The van der Waals surface area contributed by atoms with E-state index in [1.165, 1.54) is 0 Å². The Labute approximate surface area is 142 Å². The highest BCUT2D eigenvalue weighted by Gasteiger charge is 2.35. The molecule has 2 fully saturated rings. The van der Waals surface area contributed by atoms with Crippen LogP contribution in [0.2, 0.25) is 0 Å². The third-order valence-corrected chi connectivity index (χ3v) is 4.86. The van der Waals surface area contributed by atoms with Crippen LogP contribution in [0.4, 0.5) is 5.69 Å². The van der Waals surface area contributed by atoms with Crippen molar-refractivity contribution in [3.05, 3.63) is 29.8 Å². The van der Waals surface area contributed by atoms with E-state index in [1.807, 2.05) is 29.2 Å². The number of hydrogen-bond donors (Lipinski definition) is 0. The van der Waals surface area contributed by atoms with Gasteiger partial charge in [-0.1, -0.05) is 0 Å². The fraction of sp³-hybridized carbons (Fsp3) is 0.500. The Hall–Kier alpha value is -2.55. The van der Waals surface area contributed by atoms with Gasteiger partial charge in [0, 0.05) is 51.9 Å². The largest absolute Gasteiger partial charge is 0.370 e. The number of anilines is 1. The molecule has 6 nitrogen and oxygen atoms in total. The maximum atomic E-state index is 12.7. The molecule has 0 unspecified atom stereocenters. The van der Waals surface area contributed by atoms with E-state index in [-0.39, 0.29) is 17.7 Å². The molecule has 2 amide bonds. The second kappa shape index (κ2) is 6.91. The van der Waals surface area contributed by atoms with Crippen LogP contribution in [0.25, 0.3) is 0 Å². The number of nitriles is 1. The molecular formula is C18H22N4O2. The van der Waals surface area contributed by atoms with Crippen LogP contribution in [0.3, 0.4) is 0 Å². The zero-order valence-electron chi connectivity index (χ0n) is 13.9. The molecule has 2 aliphatic rings. The second-order valence-corrected chi connectivity index (χ2v) is 6.50. The van der Waals surface area contributed by atoms with Crippen LogP contribution in [0.15, 0.2) is 24.3 Å². The summed E-state index contributed by atoms with van der Waals surface area (Å²) in [7, 11) is 1.75. The molecule has 2 saturated heterocycles. The van der Waals surface area contributed by atoms with Crippen molar-refractivity contribution in [1.29, 1.82) is 5.26 Å². The van der Waals surface area contributed by atoms with Crippen LogP contribution >= 0.6 is 0 Å². The van der Waals surface area contributed by atoms with Crippen molar-refractivity contribution in [2.45, 2.75) is 12.8 Å². The molecule has 3 rings (SSSR count). The quantitative estimate of drug-likeness (QED) is 0.815. The lowest BCUT2D eigenvalue weighted by atomic mass is 10.1. The number of benzene rings is 1. The standard InChI is InChI=1S/C18H22N4O2/c1-20-13-15(11-17(20)23)18(24)22-8-2-7-21(9-10-22)16-5-3-14(12-19)4-6-16/h3-6,15H,2,7-11,13H2,1H3/t15-/m1/s1. The molecule has 126 valence electrons. The van der Waals surface area contributed by atoms with Crippen molar-refractivity contribution in [3.63, 3.8) is 0 Å². The van der Waals surface area contributed by atoms with Crippen molar-refractivity contribution in [1.82, 2.24) is 9.80 Å².